The first-order valence-electron chi connectivity index (χ1n) is 6.04. The van der Waals surface area contributed by atoms with Gasteiger partial charge in [0.15, 0.2) is 13.9 Å². The van der Waals surface area contributed by atoms with Gasteiger partial charge in [0, 0.05) is 0 Å². The van der Waals surface area contributed by atoms with Gasteiger partial charge in [-0.05, 0) is 19.5 Å². The number of halogens is 3. The Bertz CT molecular complexity index is 476. The van der Waals surface area contributed by atoms with Crippen LogP contribution in [0.2, 0.25) is 32.2 Å². The predicted molar refractivity (Wildman–Crippen MR) is 106 cm³/mol. The third kappa shape index (κ3) is 3.58. The lowest BCUT2D eigenvalue weighted by Gasteiger charge is -2.56. The fourth-order valence-corrected chi connectivity index (χ4v) is 86.6. The Hall–Kier alpha value is 2.17. The first-order chi connectivity index (χ1) is 8.74. The van der Waals surface area contributed by atoms with Gasteiger partial charge < -0.3 is 18.1 Å². The molecule has 1 aliphatic rings. The molecular formula is C8H24Cl3O4P3Si3. The molecule has 4 nitrogen and oxygen atoms in total. The molecule has 21 heavy (non-hydrogen) atoms. The minimum absolute atomic E-state index is 0. The Morgan fingerprint density at radius 3 is 1.71 bits per heavy atom. The van der Waals surface area contributed by atoms with Gasteiger partial charge in [-0.25, -0.2) is 0 Å². The largest absolute Gasteiger partial charge is 0.399 e. The van der Waals surface area contributed by atoms with E-state index in [1.54, 1.807) is 6.92 Å². The van der Waals surface area contributed by atoms with Gasteiger partial charge >= 0.3 is 0 Å². The molecule has 6 atom stereocenters. The van der Waals surface area contributed by atoms with Gasteiger partial charge in [0.05, 0.1) is 7.11 Å². The molecule has 0 aromatic carbocycles. The van der Waals surface area contributed by atoms with Crippen molar-refractivity contribution in [2.75, 3.05) is 0 Å². The maximum atomic E-state index is 12.3. The standard InChI is InChI=1S/C7H20Cl3O4P3Si3.CH4/c1-7(15(8)11)6-19(4,16(9)12)18(2,3)20(5,14-7)17(10)13;/h15-17H,6H2,1-5H3;1H4. The molecule has 0 radical (unpaired) electrons. The van der Waals surface area contributed by atoms with Crippen molar-refractivity contribution >= 4 is 76.1 Å². The van der Waals surface area contributed by atoms with Gasteiger partial charge in [-0.1, -0.05) is 60.8 Å². The molecule has 0 aliphatic carbocycles. The lowest BCUT2D eigenvalue weighted by Crippen LogP contribution is -2.76. The highest BCUT2D eigenvalue weighted by Gasteiger charge is 2.71. The summed E-state index contributed by atoms with van der Waals surface area (Å²) in [6.07, 6.45) is 0. The van der Waals surface area contributed by atoms with Crippen LogP contribution in [0.1, 0.15) is 14.4 Å². The molecule has 1 fully saturated rings. The third-order valence-corrected chi connectivity index (χ3v) is 77.7. The van der Waals surface area contributed by atoms with E-state index in [0.717, 1.165) is 0 Å². The minimum atomic E-state index is -2.84. The topological polar surface area (TPSA) is 60.4 Å². The van der Waals surface area contributed by atoms with Gasteiger partial charge in [-0.2, -0.15) is 0 Å². The normalized spacial score (nSPS) is 43.4. The summed E-state index contributed by atoms with van der Waals surface area (Å²) in [6, 6.07) is 0.399. The SMILES string of the molecule is C.CC1([PH](=O)Cl)C[Si](C)([PH](=O)Cl)[Si](C)(C)[Si](C)([PH](=O)Cl)O1. The summed E-state index contributed by atoms with van der Waals surface area (Å²) in [5.74, 6) is 0. The van der Waals surface area contributed by atoms with Gasteiger partial charge in [0.2, 0.25) is 0 Å². The average molecular weight is 468 g/mol. The first kappa shape index (κ1) is 23.2. The maximum absolute atomic E-state index is 12.3. The molecule has 1 heterocycles. The van der Waals surface area contributed by atoms with Crippen LogP contribution in [0.5, 0.6) is 0 Å². The molecule has 0 amide bonds. The third-order valence-electron chi connectivity index (χ3n) is 4.92. The lowest BCUT2D eigenvalue weighted by atomic mass is 10.5. The summed E-state index contributed by atoms with van der Waals surface area (Å²) in [4.78, 5) is 0. The fourth-order valence-electron chi connectivity index (χ4n) is 2.75. The van der Waals surface area contributed by atoms with Crippen molar-refractivity contribution in [1.29, 1.82) is 0 Å². The van der Waals surface area contributed by atoms with Crippen molar-refractivity contribution < 1.29 is 18.1 Å². The smallest absolute Gasteiger partial charge is 0.254 e. The van der Waals surface area contributed by atoms with Crippen LogP contribution in [-0.4, -0.2) is 27.2 Å². The Kier molecular flexibility index (Phi) is 7.94. The van der Waals surface area contributed by atoms with E-state index in [1.807, 2.05) is 26.2 Å². The molecule has 0 aromatic heterocycles. The first-order valence-corrected chi connectivity index (χ1v) is 25.4. The molecule has 1 saturated heterocycles. The quantitative estimate of drug-likeness (QED) is 0.376. The number of hydrogen-bond acceptors (Lipinski definition) is 4. The molecule has 0 bridgehead atoms. The monoisotopic (exact) mass is 466 g/mol. The van der Waals surface area contributed by atoms with E-state index in [4.69, 9.17) is 38.1 Å². The number of hydrogen-bond donors (Lipinski definition) is 0. The second-order valence-electron chi connectivity index (χ2n) is 6.32. The zero-order valence-electron chi connectivity index (χ0n) is 12.0. The molecule has 13 heteroatoms. The molecule has 1 rings (SSSR count). The minimum Gasteiger partial charge on any atom is -0.399 e. The molecule has 0 aromatic rings. The van der Waals surface area contributed by atoms with E-state index in [0.29, 0.717) is 6.04 Å². The van der Waals surface area contributed by atoms with Crippen molar-refractivity contribution in [3.8, 4) is 0 Å². The highest BCUT2D eigenvalue weighted by Crippen LogP contribution is 2.66. The van der Waals surface area contributed by atoms with E-state index in [1.165, 1.54) is 0 Å². The Morgan fingerprint density at radius 2 is 1.43 bits per heavy atom. The number of rotatable bonds is 3. The molecular weight excluding hydrogens is 444 g/mol. The molecule has 0 spiro atoms. The van der Waals surface area contributed by atoms with Crippen molar-refractivity contribution in [3.05, 3.63) is 0 Å². The van der Waals surface area contributed by atoms with Crippen LogP contribution in [0.3, 0.4) is 0 Å². The van der Waals surface area contributed by atoms with Crippen molar-refractivity contribution in [1.82, 2.24) is 0 Å². The summed E-state index contributed by atoms with van der Waals surface area (Å²) in [6.45, 7) is 4.70. The van der Waals surface area contributed by atoms with Crippen LogP contribution in [0.4, 0.5) is 0 Å². The van der Waals surface area contributed by atoms with Crippen LogP contribution in [-0.2, 0) is 18.1 Å². The van der Waals surface area contributed by atoms with Crippen LogP contribution >= 0.6 is 54.3 Å². The lowest BCUT2D eigenvalue weighted by molar-refractivity contribution is 0.196. The van der Waals surface area contributed by atoms with Crippen LogP contribution in [0.25, 0.3) is 0 Å². The Labute approximate surface area is 145 Å². The predicted octanol–water partition coefficient (Wildman–Crippen LogP) is 6.02. The fraction of sp³-hybridized carbons (Fsp3) is 1.00. The Morgan fingerprint density at radius 1 is 1.00 bits per heavy atom. The average Bonchev–Trinajstić information content (AvgIpc) is 2.25. The van der Waals surface area contributed by atoms with E-state index in [9.17, 15) is 13.7 Å². The van der Waals surface area contributed by atoms with Crippen molar-refractivity contribution in [2.45, 2.75) is 51.9 Å². The van der Waals surface area contributed by atoms with Gasteiger partial charge in [-0.15, -0.1) is 0 Å². The highest BCUT2D eigenvalue weighted by molar-refractivity contribution is 8.25. The zero-order chi connectivity index (χ0) is 16.1. The molecule has 1 aliphatic heterocycles. The summed E-state index contributed by atoms with van der Waals surface area (Å²) < 4.78 is 42.6. The van der Waals surface area contributed by atoms with E-state index >= 15 is 0 Å². The van der Waals surface area contributed by atoms with E-state index in [2.05, 4.69) is 0 Å². The second kappa shape index (κ2) is 7.19. The van der Waals surface area contributed by atoms with Crippen LogP contribution < -0.4 is 0 Å². The molecule has 128 valence electrons. The maximum Gasteiger partial charge on any atom is 0.254 e. The molecule has 0 N–H and O–H groups in total. The highest BCUT2D eigenvalue weighted by atomic mass is 35.7. The van der Waals surface area contributed by atoms with Gasteiger partial charge in [0.25, 0.3) is 7.50 Å². The van der Waals surface area contributed by atoms with Crippen molar-refractivity contribution in [3.63, 3.8) is 0 Å². The second-order valence-corrected chi connectivity index (χ2v) is 49.6. The van der Waals surface area contributed by atoms with Crippen molar-refractivity contribution in [2.24, 2.45) is 0 Å². The Balaban J connectivity index is 0.00000400. The zero-order valence-corrected chi connectivity index (χ0v) is 20.2. The van der Waals surface area contributed by atoms with Crippen LogP contribution in [0.15, 0.2) is 0 Å². The summed E-state index contributed by atoms with van der Waals surface area (Å²) >= 11 is 18.0. The molecule has 0 saturated carbocycles. The summed E-state index contributed by atoms with van der Waals surface area (Å²) in [5.41, 5.74) is 0. The van der Waals surface area contributed by atoms with Crippen LogP contribution in [0, 0.1) is 0 Å². The summed E-state index contributed by atoms with van der Waals surface area (Å²) in [5, 5.41) is -1.08. The molecule has 6 unspecified atom stereocenters. The van der Waals surface area contributed by atoms with Gasteiger partial charge in [-0.3, -0.25) is 0 Å². The van der Waals surface area contributed by atoms with E-state index < -0.39 is 47.8 Å². The summed E-state index contributed by atoms with van der Waals surface area (Å²) in [7, 11) is -10.2. The van der Waals surface area contributed by atoms with E-state index in [-0.39, 0.29) is 7.43 Å². The van der Waals surface area contributed by atoms with Gasteiger partial charge in [0.1, 0.15) is 19.3 Å².